The van der Waals surface area contributed by atoms with Crippen LogP contribution in [0, 0.1) is 5.41 Å². The van der Waals surface area contributed by atoms with E-state index in [2.05, 4.69) is 24.1 Å². The molecule has 0 aromatic heterocycles. The highest BCUT2D eigenvalue weighted by Crippen LogP contribution is 2.29. The van der Waals surface area contributed by atoms with Crippen LogP contribution in [-0.4, -0.2) is 43.4 Å². The molecule has 1 N–H and O–H groups in total. The van der Waals surface area contributed by atoms with Crippen molar-refractivity contribution >= 4 is 17.3 Å². The highest BCUT2D eigenvalue weighted by molar-refractivity contribution is 7.80. The molecular formula is C11H22N2OS. The fourth-order valence-corrected chi connectivity index (χ4v) is 1.97. The average Bonchev–Trinajstić information content (AvgIpc) is 2.18. The first kappa shape index (κ1) is 12.7. The summed E-state index contributed by atoms with van der Waals surface area (Å²) in [5.74, 6) is 0. The van der Waals surface area contributed by atoms with E-state index in [0.717, 1.165) is 24.7 Å². The lowest BCUT2D eigenvalue weighted by molar-refractivity contribution is 0.183. The van der Waals surface area contributed by atoms with Crippen molar-refractivity contribution in [3.05, 3.63) is 0 Å². The molecule has 0 unspecified atom stereocenters. The van der Waals surface area contributed by atoms with E-state index < -0.39 is 0 Å². The van der Waals surface area contributed by atoms with Gasteiger partial charge in [-0.1, -0.05) is 13.8 Å². The normalized spacial score (nSPS) is 20.1. The number of hydrogen-bond donors (Lipinski definition) is 1. The Morgan fingerprint density at radius 3 is 2.53 bits per heavy atom. The standard InChI is InChI=1S/C11H22N2OS/c1-11(2)4-7-13(8-5-11)10(15)12-6-9-14-3/h4-9H2,1-3H3,(H,12,15). The zero-order valence-electron chi connectivity index (χ0n) is 10.0. The SMILES string of the molecule is COCCNC(=S)N1CCC(C)(C)CC1. The van der Waals surface area contributed by atoms with Crippen LogP contribution in [0.2, 0.25) is 0 Å². The second-order valence-corrected chi connectivity index (χ2v) is 5.26. The zero-order chi connectivity index (χ0) is 11.3. The summed E-state index contributed by atoms with van der Waals surface area (Å²) in [6, 6.07) is 0. The van der Waals surface area contributed by atoms with Gasteiger partial charge < -0.3 is 15.0 Å². The summed E-state index contributed by atoms with van der Waals surface area (Å²) in [6.45, 7) is 8.31. The summed E-state index contributed by atoms with van der Waals surface area (Å²) >= 11 is 5.32. The Bertz CT molecular complexity index is 209. The van der Waals surface area contributed by atoms with Gasteiger partial charge in [0.1, 0.15) is 0 Å². The Labute approximate surface area is 98.2 Å². The molecule has 15 heavy (non-hydrogen) atoms. The molecule has 0 bridgehead atoms. The van der Waals surface area contributed by atoms with Crippen LogP contribution in [0.3, 0.4) is 0 Å². The fourth-order valence-electron chi connectivity index (χ4n) is 1.69. The lowest BCUT2D eigenvalue weighted by Crippen LogP contribution is -2.46. The van der Waals surface area contributed by atoms with Gasteiger partial charge in [-0.05, 0) is 30.5 Å². The third-order valence-electron chi connectivity index (χ3n) is 2.99. The molecular weight excluding hydrogens is 208 g/mol. The maximum Gasteiger partial charge on any atom is 0.169 e. The second kappa shape index (κ2) is 5.66. The maximum atomic E-state index is 5.32. The van der Waals surface area contributed by atoms with Crippen molar-refractivity contribution in [2.45, 2.75) is 26.7 Å². The van der Waals surface area contributed by atoms with Crippen molar-refractivity contribution in [2.75, 3.05) is 33.4 Å². The number of piperidine rings is 1. The monoisotopic (exact) mass is 230 g/mol. The highest BCUT2D eigenvalue weighted by atomic mass is 32.1. The van der Waals surface area contributed by atoms with Gasteiger partial charge in [0.2, 0.25) is 0 Å². The van der Waals surface area contributed by atoms with Gasteiger partial charge in [0.25, 0.3) is 0 Å². The van der Waals surface area contributed by atoms with Gasteiger partial charge in [0, 0.05) is 26.7 Å². The van der Waals surface area contributed by atoms with Crippen LogP contribution >= 0.6 is 12.2 Å². The van der Waals surface area contributed by atoms with Crippen LogP contribution in [0.1, 0.15) is 26.7 Å². The summed E-state index contributed by atoms with van der Waals surface area (Å²) in [4.78, 5) is 2.26. The van der Waals surface area contributed by atoms with Gasteiger partial charge in [-0.3, -0.25) is 0 Å². The first-order chi connectivity index (χ1) is 7.05. The molecule has 0 atom stereocenters. The minimum Gasteiger partial charge on any atom is -0.383 e. The van der Waals surface area contributed by atoms with Crippen LogP contribution in [0.15, 0.2) is 0 Å². The highest BCUT2D eigenvalue weighted by Gasteiger charge is 2.26. The molecule has 0 aromatic carbocycles. The molecule has 4 heteroatoms. The fraction of sp³-hybridized carbons (Fsp3) is 0.909. The van der Waals surface area contributed by atoms with E-state index >= 15 is 0 Å². The van der Waals surface area contributed by atoms with Crippen molar-refractivity contribution < 1.29 is 4.74 Å². The topological polar surface area (TPSA) is 24.5 Å². The molecule has 0 saturated carbocycles. The number of nitrogens with one attached hydrogen (secondary N) is 1. The number of methoxy groups -OCH3 is 1. The van der Waals surface area contributed by atoms with E-state index in [9.17, 15) is 0 Å². The van der Waals surface area contributed by atoms with E-state index in [0.29, 0.717) is 12.0 Å². The van der Waals surface area contributed by atoms with Gasteiger partial charge in [-0.15, -0.1) is 0 Å². The number of likely N-dealkylation sites (tertiary alicyclic amines) is 1. The molecule has 88 valence electrons. The van der Waals surface area contributed by atoms with Crippen LogP contribution in [0.4, 0.5) is 0 Å². The van der Waals surface area contributed by atoms with E-state index in [1.807, 2.05) is 0 Å². The van der Waals surface area contributed by atoms with Gasteiger partial charge in [-0.25, -0.2) is 0 Å². The number of hydrogen-bond acceptors (Lipinski definition) is 2. The van der Waals surface area contributed by atoms with Crippen LogP contribution in [0.25, 0.3) is 0 Å². The molecule has 3 nitrogen and oxygen atoms in total. The number of thiocarbonyl (C=S) groups is 1. The average molecular weight is 230 g/mol. The van der Waals surface area contributed by atoms with Crippen LogP contribution < -0.4 is 5.32 Å². The van der Waals surface area contributed by atoms with E-state index in [4.69, 9.17) is 17.0 Å². The Morgan fingerprint density at radius 1 is 1.40 bits per heavy atom. The molecule has 0 aromatic rings. The number of ether oxygens (including phenoxy) is 1. The molecule has 0 aliphatic carbocycles. The quantitative estimate of drug-likeness (QED) is 0.588. The third-order valence-corrected chi connectivity index (χ3v) is 3.39. The minimum atomic E-state index is 0.485. The zero-order valence-corrected chi connectivity index (χ0v) is 10.8. The maximum absolute atomic E-state index is 5.32. The van der Waals surface area contributed by atoms with Gasteiger partial charge >= 0.3 is 0 Å². The summed E-state index contributed by atoms with van der Waals surface area (Å²) in [5, 5.41) is 4.09. The minimum absolute atomic E-state index is 0.485. The molecule has 0 amide bonds. The van der Waals surface area contributed by atoms with Crippen molar-refractivity contribution in [1.82, 2.24) is 10.2 Å². The van der Waals surface area contributed by atoms with Gasteiger partial charge in [-0.2, -0.15) is 0 Å². The Hall–Kier alpha value is -0.350. The molecule has 1 fully saturated rings. The van der Waals surface area contributed by atoms with Crippen molar-refractivity contribution in [2.24, 2.45) is 5.41 Å². The predicted octanol–water partition coefficient (Wildman–Crippen LogP) is 1.63. The second-order valence-electron chi connectivity index (χ2n) is 4.88. The molecule has 1 heterocycles. The number of nitrogens with zero attached hydrogens (tertiary/aromatic N) is 1. The van der Waals surface area contributed by atoms with Gasteiger partial charge in [0.15, 0.2) is 5.11 Å². The lowest BCUT2D eigenvalue weighted by atomic mass is 9.83. The van der Waals surface area contributed by atoms with Crippen molar-refractivity contribution in [3.8, 4) is 0 Å². The molecule has 1 saturated heterocycles. The smallest absolute Gasteiger partial charge is 0.169 e. The molecule has 1 rings (SSSR count). The Morgan fingerprint density at radius 2 is 2.00 bits per heavy atom. The Balaban J connectivity index is 2.24. The largest absolute Gasteiger partial charge is 0.383 e. The third kappa shape index (κ3) is 4.34. The summed E-state index contributed by atoms with van der Waals surface area (Å²) in [6.07, 6.45) is 2.44. The van der Waals surface area contributed by atoms with Crippen molar-refractivity contribution in [3.63, 3.8) is 0 Å². The number of rotatable bonds is 3. The van der Waals surface area contributed by atoms with E-state index in [1.54, 1.807) is 7.11 Å². The van der Waals surface area contributed by atoms with E-state index in [1.165, 1.54) is 12.8 Å². The first-order valence-electron chi connectivity index (χ1n) is 5.57. The molecule has 1 aliphatic heterocycles. The van der Waals surface area contributed by atoms with Gasteiger partial charge in [0.05, 0.1) is 6.61 Å². The van der Waals surface area contributed by atoms with Crippen molar-refractivity contribution in [1.29, 1.82) is 0 Å². The van der Waals surface area contributed by atoms with Crippen LogP contribution in [0.5, 0.6) is 0 Å². The summed E-state index contributed by atoms with van der Waals surface area (Å²) in [5.41, 5.74) is 0.485. The first-order valence-corrected chi connectivity index (χ1v) is 5.98. The van der Waals surface area contributed by atoms with E-state index in [-0.39, 0.29) is 0 Å². The predicted molar refractivity (Wildman–Crippen MR) is 67.1 cm³/mol. The summed E-state index contributed by atoms with van der Waals surface area (Å²) < 4.78 is 4.97. The molecule has 0 spiro atoms. The Kier molecular flexibility index (Phi) is 4.80. The molecule has 0 radical (unpaired) electrons. The van der Waals surface area contributed by atoms with Crippen LogP contribution in [-0.2, 0) is 4.74 Å². The summed E-state index contributed by atoms with van der Waals surface area (Å²) in [7, 11) is 1.70. The molecule has 1 aliphatic rings. The lowest BCUT2D eigenvalue weighted by Gasteiger charge is -2.38.